The molecule has 0 fully saturated rings. The summed E-state index contributed by atoms with van der Waals surface area (Å²) in [7, 11) is 0. The largest absolute Gasteiger partial charge is 0.426 e. The predicted molar refractivity (Wildman–Crippen MR) is 83.1 cm³/mol. The molecular formula is C17H25NO3. The van der Waals surface area contributed by atoms with Gasteiger partial charge in [-0.15, -0.1) is 0 Å². The van der Waals surface area contributed by atoms with E-state index in [1.54, 1.807) is 12.1 Å². The smallest absolute Gasteiger partial charge is 0.314 e. The van der Waals surface area contributed by atoms with E-state index in [4.69, 9.17) is 10.5 Å². The van der Waals surface area contributed by atoms with Crippen molar-refractivity contribution in [2.45, 2.75) is 52.0 Å². The van der Waals surface area contributed by atoms with E-state index in [1.165, 1.54) is 0 Å². The monoisotopic (exact) mass is 291 g/mol. The summed E-state index contributed by atoms with van der Waals surface area (Å²) in [6, 6.07) is 6.68. The number of hydrogen-bond donors (Lipinski definition) is 1. The minimum absolute atomic E-state index is 0.0408. The van der Waals surface area contributed by atoms with Crippen molar-refractivity contribution in [3.05, 3.63) is 29.8 Å². The molecule has 21 heavy (non-hydrogen) atoms. The van der Waals surface area contributed by atoms with Crippen molar-refractivity contribution in [2.75, 3.05) is 0 Å². The van der Waals surface area contributed by atoms with Crippen LogP contribution in [0, 0.1) is 5.92 Å². The highest BCUT2D eigenvalue weighted by Crippen LogP contribution is 2.20. The average Bonchev–Trinajstić information content (AvgIpc) is 2.47. The Morgan fingerprint density at radius 1 is 1.29 bits per heavy atom. The summed E-state index contributed by atoms with van der Waals surface area (Å²) in [5.41, 5.74) is 6.50. The minimum Gasteiger partial charge on any atom is -0.426 e. The van der Waals surface area contributed by atoms with E-state index in [0.29, 0.717) is 12.2 Å². The number of carbonyl (C=O) groups excluding carboxylic acids is 2. The second kappa shape index (κ2) is 9.29. The van der Waals surface area contributed by atoms with Crippen molar-refractivity contribution in [1.29, 1.82) is 0 Å². The van der Waals surface area contributed by atoms with Gasteiger partial charge in [0.2, 0.25) is 0 Å². The number of carbonyl (C=O) groups is 2. The SMILES string of the molecule is CCCC(CCC)C(=O)Oc1cccc(CC(N)C=O)c1. The van der Waals surface area contributed by atoms with E-state index >= 15 is 0 Å². The highest BCUT2D eigenvalue weighted by molar-refractivity contribution is 5.75. The maximum atomic E-state index is 12.2. The van der Waals surface area contributed by atoms with Gasteiger partial charge in [-0.25, -0.2) is 0 Å². The normalized spacial score (nSPS) is 12.2. The molecule has 1 atom stereocenters. The average molecular weight is 291 g/mol. The molecule has 0 aromatic heterocycles. The Morgan fingerprint density at radius 2 is 1.95 bits per heavy atom. The Kier molecular flexibility index (Phi) is 7.69. The summed E-state index contributed by atoms with van der Waals surface area (Å²) >= 11 is 0. The Balaban J connectivity index is 2.70. The lowest BCUT2D eigenvalue weighted by molar-refractivity contribution is -0.139. The first-order valence-corrected chi connectivity index (χ1v) is 7.62. The van der Waals surface area contributed by atoms with Crippen LogP contribution in [0.25, 0.3) is 0 Å². The number of aldehydes is 1. The van der Waals surface area contributed by atoms with Crippen LogP contribution in [-0.4, -0.2) is 18.3 Å². The van der Waals surface area contributed by atoms with Crippen molar-refractivity contribution in [1.82, 2.24) is 0 Å². The van der Waals surface area contributed by atoms with Crippen molar-refractivity contribution in [2.24, 2.45) is 11.7 Å². The zero-order chi connectivity index (χ0) is 15.7. The first-order valence-electron chi connectivity index (χ1n) is 7.62. The fraction of sp³-hybridized carbons (Fsp3) is 0.529. The summed E-state index contributed by atoms with van der Waals surface area (Å²) in [6.07, 6.45) is 4.80. The van der Waals surface area contributed by atoms with E-state index in [-0.39, 0.29) is 11.9 Å². The topological polar surface area (TPSA) is 69.4 Å². The lowest BCUT2D eigenvalue weighted by atomic mass is 9.98. The van der Waals surface area contributed by atoms with Gasteiger partial charge in [0.1, 0.15) is 12.0 Å². The van der Waals surface area contributed by atoms with Gasteiger partial charge in [0.05, 0.1) is 12.0 Å². The molecule has 0 spiro atoms. The molecule has 1 rings (SSSR count). The number of ether oxygens (including phenoxy) is 1. The zero-order valence-electron chi connectivity index (χ0n) is 12.9. The molecule has 116 valence electrons. The zero-order valence-corrected chi connectivity index (χ0v) is 12.9. The first-order chi connectivity index (χ1) is 10.1. The number of benzene rings is 1. The van der Waals surface area contributed by atoms with Gasteiger partial charge in [0.15, 0.2) is 0 Å². The molecule has 0 heterocycles. The van der Waals surface area contributed by atoms with Crippen molar-refractivity contribution in [3.8, 4) is 5.75 Å². The molecule has 1 aromatic rings. The van der Waals surface area contributed by atoms with Crippen LogP contribution in [0.2, 0.25) is 0 Å². The molecule has 0 aliphatic heterocycles. The van der Waals surface area contributed by atoms with Gasteiger partial charge in [-0.2, -0.15) is 0 Å². The van der Waals surface area contributed by atoms with E-state index in [2.05, 4.69) is 13.8 Å². The van der Waals surface area contributed by atoms with E-state index in [9.17, 15) is 9.59 Å². The van der Waals surface area contributed by atoms with Crippen LogP contribution >= 0.6 is 0 Å². The summed E-state index contributed by atoms with van der Waals surface area (Å²) in [6.45, 7) is 4.13. The molecule has 2 N–H and O–H groups in total. The third-order valence-electron chi connectivity index (χ3n) is 3.37. The molecule has 1 unspecified atom stereocenters. The van der Waals surface area contributed by atoms with Gasteiger partial charge in [-0.3, -0.25) is 4.79 Å². The van der Waals surface area contributed by atoms with Gasteiger partial charge >= 0.3 is 5.97 Å². The summed E-state index contributed by atoms with van der Waals surface area (Å²) in [5.74, 6) is 0.309. The maximum Gasteiger partial charge on any atom is 0.314 e. The first kappa shape index (κ1) is 17.4. The van der Waals surface area contributed by atoms with E-state index < -0.39 is 6.04 Å². The quantitative estimate of drug-likeness (QED) is 0.431. The van der Waals surface area contributed by atoms with Crippen molar-refractivity contribution < 1.29 is 14.3 Å². The van der Waals surface area contributed by atoms with Crippen LogP contribution in [-0.2, 0) is 16.0 Å². The molecule has 0 aliphatic rings. The molecule has 0 saturated carbocycles. The fourth-order valence-electron chi connectivity index (χ4n) is 2.33. The van der Waals surface area contributed by atoms with Gasteiger partial charge in [0, 0.05) is 0 Å². The molecule has 0 bridgehead atoms. The van der Waals surface area contributed by atoms with Crippen molar-refractivity contribution in [3.63, 3.8) is 0 Å². The van der Waals surface area contributed by atoms with Crippen LogP contribution in [0.1, 0.15) is 45.1 Å². The standard InChI is InChI=1S/C17H25NO3/c1-3-6-14(7-4-2)17(20)21-16-9-5-8-13(11-16)10-15(18)12-19/h5,8-9,11-12,14-15H,3-4,6-7,10,18H2,1-2H3. The second-order valence-corrected chi connectivity index (χ2v) is 5.35. The minimum atomic E-state index is -0.524. The predicted octanol–water partition coefficient (Wildman–Crippen LogP) is 2.88. The summed E-state index contributed by atoms with van der Waals surface area (Å²) in [4.78, 5) is 22.8. The molecule has 1 aromatic carbocycles. The Labute approximate surface area is 126 Å². The third kappa shape index (κ3) is 6.08. The highest BCUT2D eigenvalue weighted by Gasteiger charge is 2.19. The Morgan fingerprint density at radius 3 is 2.52 bits per heavy atom. The lowest BCUT2D eigenvalue weighted by Crippen LogP contribution is -2.24. The van der Waals surface area contributed by atoms with Crippen LogP contribution in [0.3, 0.4) is 0 Å². The van der Waals surface area contributed by atoms with Crippen molar-refractivity contribution >= 4 is 12.3 Å². The molecule has 0 saturated heterocycles. The molecule has 0 aliphatic carbocycles. The fourth-order valence-corrected chi connectivity index (χ4v) is 2.33. The van der Waals surface area contributed by atoms with Gasteiger partial charge in [0.25, 0.3) is 0 Å². The highest BCUT2D eigenvalue weighted by atomic mass is 16.5. The number of esters is 1. The van der Waals surface area contributed by atoms with Crippen LogP contribution in [0.4, 0.5) is 0 Å². The number of hydrogen-bond acceptors (Lipinski definition) is 4. The molecule has 0 radical (unpaired) electrons. The molecule has 4 nitrogen and oxygen atoms in total. The molecule has 4 heteroatoms. The Bertz CT molecular complexity index is 453. The second-order valence-electron chi connectivity index (χ2n) is 5.35. The summed E-state index contributed by atoms with van der Waals surface area (Å²) < 4.78 is 5.47. The van der Waals surface area contributed by atoms with Gasteiger partial charge < -0.3 is 15.3 Å². The summed E-state index contributed by atoms with van der Waals surface area (Å²) in [5, 5.41) is 0. The van der Waals surface area contributed by atoms with Gasteiger partial charge in [-0.1, -0.05) is 38.8 Å². The Hall–Kier alpha value is -1.68. The van der Waals surface area contributed by atoms with Crippen LogP contribution < -0.4 is 10.5 Å². The van der Waals surface area contributed by atoms with E-state index in [1.807, 2.05) is 12.1 Å². The third-order valence-corrected chi connectivity index (χ3v) is 3.37. The van der Waals surface area contributed by atoms with Crippen LogP contribution in [0.15, 0.2) is 24.3 Å². The van der Waals surface area contributed by atoms with E-state index in [0.717, 1.165) is 37.5 Å². The number of nitrogens with two attached hydrogens (primary N) is 1. The lowest BCUT2D eigenvalue weighted by Gasteiger charge is -2.14. The van der Waals surface area contributed by atoms with Gasteiger partial charge in [-0.05, 0) is 37.0 Å². The maximum absolute atomic E-state index is 12.2. The molecular weight excluding hydrogens is 266 g/mol. The molecule has 0 amide bonds. The number of rotatable bonds is 9. The van der Waals surface area contributed by atoms with Crippen LogP contribution in [0.5, 0.6) is 5.75 Å².